The summed E-state index contributed by atoms with van der Waals surface area (Å²) in [5.74, 6) is -3.81. The molecule has 3 unspecified atom stereocenters. The minimum absolute atomic E-state index is 0.0217. The molecule has 3 saturated carbocycles. The number of alkyl carbamates (subject to hydrolysis) is 1. The number of alkyl halides is 3. The molecule has 13 heteroatoms. The molecule has 3 N–H and O–H groups in total. The molecule has 4 aliphatic rings. The molecule has 4 fully saturated rings. The number of hydrogen-bond acceptors (Lipinski definition) is 6. The Morgan fingerprint density at radius 1 is 0.953 bits per heavy atom. The Hall–Kier alpha value is -2.86. The summed E-state index contributed by atoms with van der Waals surface area (Å²) in [5.41, 5.74) is -1.03. The number of piperidine rings is 1. The van der Waals surface area contributed by atoms with Crippen LogP contribution in [0.25, 0.3) is 0 Å². The first-order valence-corrected chi connectivity index (χ1v) is 15.4. The zero-order chi connectivity index (χ0) is 31.9. The zero-order valence-corrected chi connectivity index (χ0v) is 25.6. The lowest BCUT2D eigenvalue weighted by molar-refractivity contribution is -0.148. The minimum atomic E-state index is -4.69. The normalized spacial score (nSPS) is 26.5. The molecule has 10 nitrogen and oxygen atoms in total. The molecule has 0 bridgehead atoms. The molecule has 5 atom stereocenters. The molecule has 0 aromatic carbocycles. The van der Waals surface area contributed by atoms with Crippen LogP contribution in [0.5, 0.6) is 0 Å². The summed E-state index contributed by atoms with van der Waals surface area (Å²) in [5, 5.41) is 7.02. The number of carbonyl (C=O) groups excluding carboxylic acids is 5. The predicted octanol–water partition coefficient (Wildman–Crippen LogP) is 3.48. The van der Waals surface area contributed by atoms with E-state index in [2.05, 4.69) is 10.6 Å². The van der Waals surface area contributed by atoms with Crippen molar-refractivity contribution < 1.29 is 41.9 Å². The third kappa shape index (κ3) is 8.20. The number of nitrogens with one attached hydrogen (secondary N) is 3. The maximum absolute atomic E-state index is 14.2. The Balaban J connectivity index is 1.53. The number of likely N-dealkylation sites (tertiary alicyclic amines) is 1. The lowest BCUT2D eigenvalue weighted by Gasteiger charge is -2.37. The topological polar surface area (TPSA) is 134 Å². The van der Waals surface area contributed by atoms with E-state index >= 15 is 0 Å². The summed E-state index contributed by atoms with van der Waals surface area (Å²) in [6.45, 7) is 7.81. The summed E-state index contributed by atoms with van der Waals surface area (Å²) in [4.78, 5) is 67.6. The number of halogens is 3. The number of fused-ring (bicyclic) bond motifs is 1. The highest BCUT2D eigenvalue weighted by Crippen LogP contribution is 2.65. The molecular weight excluding hydrogens is 569 g/mol. The molecule has 0 radical (unpaired) electrons. The van der Waals surface area contributed by atoms with Crippen LogP contribution >= 0.6 is 0 Å². The van der Waals surface area contributed by atoms with Crippen LogP contribution in [0.2, 0.25) is 0 Å². The minimum Gasteiger partial charge on any atom is -0.444 e. The van der Waals surface area contributed by atoms with Gasteiger partial charge in [-0.05, 0) is 69.1 Å². The Labute approximate surface area is 250 Å². The van der Waals surface area contributed by atoms with Gasteiger partial charge in [0.25, 0.3) is 5.91 Å². The fraction of sp³-hybridized carbons (Fsp3) is 0.833. The fourth-order valence-corrected chi connectivity index (χ4v) is 6.88. The van der Waals surface area contributed by atoms with Gasteiger partial charge in [0.15, 0.2) is 0 Å². The van der Waals surface area contributed by atoms with Crippen LogP contribution in [0.1, 0.15) is 86.0 Å². The van der Waals surface area contributed by atoms with Gasteiger partial charge in [-0.1, -0.05) is 46.0 Å². The van der Waals surface area contributed by atoms with Gasteiger partial charge < -0.3 is 25.6 Å². The fourth-order valence-electron chi connectivity index (χ4n) is 6.88. The van der Waals surface area contributed by atoms with Crippen LogP contribution in [-0.2, 0) is 23.9 Å². The molecule has 4 rings (SSSR count). The van der Waals surface area contributed by atoms with Gasteiger partial charge in [-0.3, -0.25) is 19.2 Å². The van der Waals surface area contributed by atoms with E-state index in [1.54, 1.807) is 26.1 Å². The lowest BCUT2D eigenvalue weighted by Crippen LogP contribution is -2.60. The molecule has 1 aliphatic heterocycles. The summed E-state index contributed by atoms with van der Waals surface area (Å²) in [6.07, 6.45) is 0.621. The van der Waals surface area contributed by atoms with Gasteiger partial charge in [-0.2, -0.15) is 13.2 Å². The molecule has 43 heavy (non-hydrogen) atoms. The number of Topliss-reactive ketones (excluding diaryl/α,β-unsaturated/α-hetero) is 1. The van der Waals surface area contributed by atoms with Crippen LogP contribution in [0.15, 0.2) is 0 Å². The summed E-state index contributed by atoms with van der Waals surface area (Å²) in [6, 6.07) is -3.16. The molecule has 0 spiro atoms. The summed E-state index contributed by atoms with van der Waals surface area (Å²) in [7, 11) is 0. The Morgan fingerprint density at radius 2 is 1.58 bits per heavy atom. The second-order valence-corrected chi connectivity index (χ2v) is 14.3. The van der Waals surface area contributed by atoms with E-state index in [-0.39, 0.29) is 35.5 Å². The van der Waals surface area contributed by atoms with Crippen molar-refractivity contribution in [1.29, 1.82) is 0 Å². The van der Waals surface area contributed by atoms with Gasteiger partial charge in [-0.25, -0.2) is 4.79 Å². The smallest absolute Gasteiger partial charge is 0.408 e. The number of hydrogen-bond donors (Lipinski definition) is 3. The zero-order valence-electron chi connectivity index (χ0n) is 25.6. The van der Waals surface area contributed by atoms with Gasteiger partial charge in [0.05, 0.1) is 6.04 Å². The molecule has 0 aromatic rings. The van der Waals surface area contributed by atoms with E-state index in [0.717, 1.165) is 44.9 Å². The second-order valence-electron chi connectivity index (χ2n) is 14.3. The van der Waals surface area contributed by atoms with Crippen LogP contribution in [0.4, 0.5) is 18.0 Å². The molecule has 0 aromatic heterocycles. The Morgan fingerprint density at radius 3 is 2.14 bits per heavy atom. The van der Waals surface area contributed by atoms with Crippen LogP contribution in [-0.4, -0.2) is 77.5 Å². The predicted molar refractivity (Wildman–Crippen MR) is 149 cm³/mol. The molecule has 1 heterocycles. The number of ketones is 1. The third-order valence-electron chi connectivity index (χ3n) is 9.39. The first-order chi connectivity index (χ1) is 19.9. The summed E-state index contributed by atoms with van der Waals surface area (Å²) < 4.78 is 43.4. The van der Waals surface area contributed by atoms with Crippen molar-refractivity contribution in [2.24, 2.45) is 29.1 Å². The molecule has 3 aliphatic carbocycles. The largest absolute Gasteiger partial charge is 0.444 e. The van der Waals surface area contributed by atoms with Gasteiger partial charge in [0.2, 0.25) is 17.6 Å². The van der Waals surface area contributed by atoms with Crippen molar-refractivity contribution >= 4 is 29.6 Å². The Kier molecular flexibility index (Phi) is 9.42. The quantitative estimate of drug-likeness (QED) is 0.323. The monoisotopic (exact) mass is 614 g/mol. The molecular formula is C30H45F3N4O6. The molecule has 4 amide bonds. The highest BCUT2D eigenvalue weighted by molar-refractivity contribution is 6.38. The van der Waals surface area contributed by atoms with Crippen molar-refractivity contribution in [2.75, 3.05) is 13.1 Å². The number of carbonyl (C=O) groups is 5. The van der Waals surface area contributed by atoms with Crippen molar-refractivity contribution in [3.05, 3.63) is 0 Å². The number of rotatable bonds is 10. The van der Waals surface area contributed by atoms with Crippen molar-refractivity contribution in [2.45, 2.75) is 116 Å². The van der Waals surface area contributed by atoms with Crippen LogP contribution in [0, 0.1) is 29.1 Å². The van der Waals surface area contributed by atoms with E-state index in [1.807, 2.05) is 13.8 Å². The van der Waals surface area contributed by atoms with Gasteiger partial charge >= 0.3 is 12.3 Å². The van der Waals surface area contributed by atoms with E-state index in [4.69, 9.17) is 4.74 Å². The van der Waals surface area contributed by atoms with E-state index in [0.29, 0.717) is 6.54 Å². The Bertz CT molecular complexity index is 1110. The van der Waals surface area contributed by atoms with Gasteiger partial charge in [-0.15, -0.1) is 0 Å². The SMILES string of the molecule is CC(C)(C)OC(=O)N[C@H](C(=O)N1CC2C([C@H]1C(=O)NC(CC1CC1)C(=O)C(=O)NCC(F)(F)F)C2(C)C)C1CCCCC1. The van der Waals surface area contributed by atoms with E-state index in [1.165, 1.54) is 4.90 Å². The highest BCUT2D eigenvalue weighted by atomic mass is 19.4. The van der Waals surface area contributed by atoms with Crippen LogP contribution in [0.3, 0.4) is 0 Å². The number of nitrogens with zero attached hydrogens (tertiary/aromatic N) is 1. The molecule has 242 valence electrons. The van der Waals surface area contributed by atoms with E-state index in [9.17, 15) is 37.1 Å². The maximum atomic E-state index is 14.2. The third-order valence-corrected chi connectivity index (χ3v) is 9.39. The second kappa shape index (κ2) is 12.3. The van der Waals surface area contributed by atoms with Crippen LogP contribution < -0.4 is 16.0 Å². The number of amides is 4. The average molecular weight is 615 g/mol. The van der Waals surface area contributed by atoms with Crippen molar-refractivity contribution in [3.8, 4) is 0 Å². The first-order valence-electron chi connectivity index (χ1n) is 15.4. The van der Waals surface area contributed by atoms with E-state index < -0.39 is 66.0 Å². The number of ether oxygens (including phenoxy) is 1. The standard InChI is InChI=1S/C30H45F3N4O6/c1-28(2,3)43-27(42)36-21(17-9-7-6-8-10-17)26(41)37-14-18-20(29(18,4)5)22(37)24(39)35-19(13-16-11-12-16)23(38)25(40)34-15-30(31,32)33/h16-22H,6-15H2,1-5H3,(H,34,40)(H,35,39)(H,36,42)/t18?,19?,20?,21-,22-/m0/s1. The maximum Gasteiger partial charge on any atom is 0.408 e. The lowest BCUT2D eigenvalue weighted by atomic mass is 9.83. The van der Waals surface area contributed by atoms with Crippen molar-refractivity contribution in [3.63, 3.8) is 0 Å². The summed E-state index contributed by atoms with van der Waals surface area (Å²) >= 11 is 0. The highest BCUT2D eigenvalue weighted by Gasteiger charge is 2.69. The van der Waals surface area contributed by atoms with Gasteiger partial charge in [0.1, 0.15) is 24.2 Å². The van der Waals surface area contributed by atoms with Crippen molar-refractivity contribution in [1.82, 2.24) is 20.9 Å². The first kappa shape index (κ1) is 33.0. The average Bonchev–Trinajstić information content (AvgIpc) is 3.75. The van der Waals surface area contributed by atoms with Gasteiger partial charge in [0, 0.05) is 6.54 Å². The molecule has 1 saturated heterocycles.